The van der Waals surface area contributed by atoms with Crippen molar-refractivity contribution in [1.82, 2.24) is 4.98 Å². The average Bonchev–Trinajstić information content (AvgIpc) is 2.89. The summed E-state index contributed by atoms with van der Waals surface area (Å²) in [6, 6.07) is 17.0. The van der Waals surface area contributed by atoms with Crippen molar-refractivity contribution < 1.29 is 27.1 Å². The Hall–Kier alpha value is -4.04. The Morgan fingerprint density at radius 3 is 2.38 bits per heavy atom. The molecule has 0 saturated carbocycles. The smallest absolute Gasteiger partial charge is 0.330 e. The topological polar surface area (TPSA) is 82.6 Å². The first-order valence-electron chi connectivity index (χ1n) is 12.8. The van der Waals surface area contributed by atoms with Gasteiger partial charge in [-0.3, -0.25) is 0 Å². The summed E-state index contributed by atoms with van der Waals surface area (Å²) in [4.78, 5) is 16.2. The van der Waals surface area contributed by atoms with Crippen LogP contribution in [0.3, 0.4) is 0 Å². The number of ether oxygens (including phenoxy) is 2. The van der Waals surface area contributed by atoms with Crippen LogP contribution in [-0.4, -0.2) is 45.1 Å². The van der Waals surface area contributed by atoms with Crippen LogP contribution in [0.4, 0.5) is 4.39 Å². The first-order valence-corrected chi connectivity index (χ1v) is 14.9. The molecule has 1 heterocycles. The molecule has 0 aliphatic carbocycles. The zero-order valence-corrected chi connectivity index (χ0v) is 24.1. The van der Waals surface area contributed by atoms with Crippen LogP contribution in [0.1, 0.15) is 28.7 Å². The number of nitrogens with zero attached hydrogens (tertiary/aromatic N) is 1. The van der Waals surface area contributed by atoms with Crippen LogP contribution >= 0.6 is 0 Å². The van der Waals surface area contributed by atoms with Crippen molar-refractivity contribution in [2.75, 3.05) is 25.7 Å². The number of carbonyl (C=O) groups is 1. The Bertz CT molecular complexity index is 1700. The summed E-state index contributed by atoms with van der Waals surface area (Å²) in [5.74, 6) is -0.232. The van der Waals surface area contributed by atoms with E-state index in [-0.39, 0.29) is 11.3 Å². The van der Waals surface area contributed by atoms with Crippen molar-refractivity contribution >= 4 is 32.8 Å². The van der Waals surface area contributed by atoms with Gasteiger partial charge in [-0.05, 0) is 91.4 Å². The summed E-state index contributed by atoms with van der Waals surface area (Å²) in [6.45, 7) is 6.39. The zero-order chi connectivity index (χ0) is 29.0. The molecule has 208 valence electrons. The van der Waals surface area contributed by atoms with Gasteiger partial charge in [0.2, 0.25) is 0 Å². The number of halogens is 1. The number of sulfone groups is 1. The Labute approximate surface area is 234 Å². The van der Waals surface area contributed by atoms with Crippen molar-refractivity contribution in [3.8, 4) is 28.1 Å². The quantitative estimate of drug-likeness (QED) is 0.130. The molecule has 0 radical (unpaired) electrons. The van der Waals surface area contributed by atoms with Crippen LogP contribution in [0.15, 0.2) is 60.7 Å². The van der Waals surface area contributed by atoms with E-state index in [0.717, 1.165) is 44.5 Å². The molecule has 0 fully saturated rings. The number of hydrogen-bond donors (Lipinski definition) is 0. The number of esters is 1. The molecule has 3 aromatic carbocycles. The Morgan fingerprint density at radius 2 is 1.70 bits per heavy atom. The second-order valence-corrected chi connectivity index (χ2v) is 12.2. The van der Waals surface area contributed by atoms with E-state index >= 15 is 0 Å². The van der Waals surface area contributed by atoms with E-state index in [0.29, 0.717) is 24.3 Å². The van der Waals surface area contributed by atoms with Crippen LogP contribution in [0.2, 0.25) is 0 Å². The van der Waals surface area contributed by atoms with E-state index in [4.69, 9.17) is 9.72 Å². The zero-order valence-electron chi connectivity index (χ0n) is 23.2. The molecule has 0 atom stereocenters. The lowest BCUT2D eigenvalue weighted by atomic mass is 9.92. The highest BCUT2D eigenvalue weighted by Crippen LogP contribution is 2.35. The van der Waals surface area contributed by atoms with E-state index in [9.17, 15) is 17.6 Å². The van der Waals surface area contributed by atoms with Gasteiger partial charge in [-0.15, -0.1) is 0 Å². The number of methoxy groups -OCH3 is 1. The van der Waals surface area contributed by atoms with Gasteiger partial charge in [0.1, 0.15) is 21.4 Å². The predicted octanol–water partition coefficient (Wildman–Crippen LogP) is 6.63. The molecule has 1 aromatic heterocycles. The standard InChI is InChI=1S/C32H32FNO5S/c1-20-7-8-25(32-21(2)15-26(16-22(32)3)39-13-6-14-40(5,36)37)18-27(20)29-11-9-24-17-23(10-12-31(35)38-4)28(33)19-30(24)34-29/h7-12,15-19H,6,13-14H2,1-5H3/b12-10+. The summed E-state index contributed by atoms with van der Waals surface area (Å²) in [7, 11) is -1.74. The maximum atomic E-state index is 14.8. The minimum absolute atomic E-state index is 0.0955. The fourth-order valence-electron chi connectivity index (χ4n) is 4.69. The number of aromatic nitrogens is 1. The number of pyridine rings is 1. The molecule has 4 aromatic rings. The number of benzene rings is 3. The molecule has 8 heteroatoms. The number of fused-ring (bicyclic) bond motifs is 1. The second-order valence-electron chi connectivity index (χ2n) is 9.91. The molecule has 0 saturated heterocycles. The average molecular weight is 562 g/mol. The molecule has 0 spiro atoms. The Morgan fingerprint density at radius 1 is 0.975 bits per heavy atom. The van der Waals surface area contributed by atoms with Gasteiger partial charge >= 0.3 is 5.97 Å². The van der Waals surface area contributed by atoms with Gasteiger partial charge in [0.15, 0.2) is 0 Å². The Balaban J connectivity index is 1.64. The maximum absolute atomic E-state index is 14.8. The molecule has 0 N–H and O–H groups in total. The van der Waals surface area contributed by atoms with Crippen molar-refractivity contribution in [3.63, 3.8) is 0 Å². The SMILES string of the molecule is COC(=O)/C=C/c1cc2ccc(-c3cc(-c4c(C)cc(OCCCS(C)(=O)=O)cc4C)ccc3C)nc2cc1F. The van der Waals surface area contributed by atoms with Crippen LogP contribution in [0.5, 0.6) is 5.75 Å². The van der Waals surface area contributed by atoms with E-state index in [1.807, 2.05) is 51.1 Å². The summed E-state index contributed by atoms with van der Waals surface area (Å²) >= 11 is 0. The molecule has 40 heavy (non-hydrogen) atoms. The van der Waals surface area contributed by atoms with Crippen LogP contribution in [0, 0.1) is 26.6 Å². The van der Waals surface area contributed by atoms with E-state index in [1.165, 1.54) is 31.6 Å². The third-order valence-corrected chi connectivity index (χ3v) is 7.67. The van der Waals surface area contributed by atoms with Crippen LogP contribution < -0.4 is 4.74 Å². The van der Waals surface area contributed by atoms with E-state index in [1.54, 1.807) is 6.07 Å². The molecule has 0 bridgehead atoms. The molecule has 4 rings (SSSR count). The lowest BCUT2D eigenvalue weighted by Gasteiger charge is -2.16. The highest BCUT2D eigenvalue weighted by atomic mass is 32.2. The minimum Gasteiger partial charge on any atom is -0.494 e. The number of aryl methyl sites for hydroxylation is 3. The lowest BCUT2D eigenvalue weighted by molar-refractivity contribution is -0.134. The predicted molar refractivity (Wildman–Crippen MR) is 158 cm³/mol. The fourth-order valence-corrected chi connectivity index (χ4v) is 5.34. The highest BCUT2D eigenvalue weighted by Gasteiger charge is 2.13. The van der Waals surface area contributed by atoms with Gasteiger partial charge in [-0.2, -0.15) is 0 Å². The lowest BCUT2D eigenvalue weighted by Crippen LogP contribution is -2.08. The molecular formula is C32H32FNO5S. The van der Waals surface area contributed by atoms with E-state index < -0.39 is 21.6 Å². The molecule has 0 amide bonds. The molecule has 6 nitrogen and oxygen atoms in total. The Kier molecular flexibility index (Phi) is 8.69. The largest absolute Gasteiger partial charge is 0.494 e. The van der Waals surface area contributed by atoms with Crippen molar-refractivity contribution in [3.05, 3.63) is 88.7 Å². The highest BCUT2D eigenvalue weighted by molar-refractivity contribution is 7.90. The van der Waals surface area contributed by atoms with Gasteiger partial charge < -0.3 is 9.47 Å². The summed E-state index contributed by atoms with van der Waals surface area (Å²) < 4.78 is 47.9. The third kappa shape index (κ3) is 6.93. The third-order valence-electron chi connectivity index (χ3n) is 6.64. The van der Waals surface area contributed by atoms with Gasteiger partial charge in [0, 0.05) is 34.9 Å². The van der Waals surface area contributed by atoms with Crippen molar-refractivity contribution in [1.29, 1.82) is 0 Å². The maximum Gasteiger partial charge on any atom is 0.330 e. The first kappa shape index (κ1) is 29.0. The number of carbonyl (C=O) groups excluding carboxylic acids is 1. The van der Waals surface area contributed by atoms with Gasteiger partial charge in [0.05, 0.1) is 30.7 Å². The van der Waals surface area contributed by atoms with Crippen molar-refractivity contribution in [2.24, 2.45) is 0 Å². The van der Waals surface area contributed by atoms with Crippen LogP contribution in [0.25, 0.3) is 39.4 Å². The molecule has 0 unspecified atom stereocenters. The van der Waals surface area contributed by atoms with Gasteiger partial charge in [-0.25, -0.2) is 22.6 Å². The first-order chi connectivity index (χ1) is 18.9. The van der Waals surface area contributed by atoms with Crippen molar-refractivity contribution in [2.45, 2.75) is 27.2 Å². The monoisotopic (exact) mass is 561 g/mol. The normalized spacial score (nSPS) is 11.8. The fraction of sp³-hybridized carbons (Fsp3) is 0.250. The van der Waals surface area contributed by atoms with Gasteiger partial charge in [-0.1, -0.05) is 18.2 Å². The molecular weight excluding hydrogens is 529 g/mol. The number of hydrogen-bond acceptors (Lipinski definition) is 6. The molecule has 0 aliphatic rings. The van der Waals surface area contributed by atoms with E-state index in [2.05, 4.69) is 16.9 Å². The number of rotatable bonds is 9. The summed E-state index contributed by atoms with van der Waals surface area (Å²) in [5.41, 5.74) is 7.67. The second kappa shape index (κ2) is 12.0. The molecule has 0 aliphatic heterocycles. The minimum atomic E-state index is -3.01. The van der Waals surface area contributed by atoms with Crippen LogP contribution in [-0.2, 0) is 19.4 Å². The van der Waals surface area contributed by atoms with Gasteiger partial charge in [0.25, 0.3) is 0 Å². The summed E-state index contributed by atoms with van der Waals surface area (Å²) in [5, 5.41) is 0.752. The summed E-state index contributed by atoms with van der Waals surface area (Å²) in [6.07, 6.45) is 4.23.